The SMILES string of the molecule is CCCCCOC(=O)Oc1ccc(C[C@H](N)C(=O)O[C@@H](C)COC(=O)OC(C)CC)cc1OC(=O)OCCCCC. The number of esters is 1. The van der Waals surface area contributed by atoms with Gasteiger partial charge in [0.15, 0.2) is 11.5 Å². The van der Waals surface area contributed by atoms with Crippen LogP contribution in [0.5, 0.6) is 11.5 Å². The largest absolute Gasteiger partial charge is 0.513 e. The molecule has 0 saturated carbocycles. The Hall–Kier alpha value is -3.54. The molecule has 0 amide bonds. The molecule has 0 spiro atoms. The molecule has 3 atom stereocenters. The molecule has 0 heterocycles. The highest BCUT2D eigenvalue weighted by molar-refractivity contribution is 5.76. The van der Waals surface area contributed by atoms with Gasteiger partial charge in [-0.1, -0.05) is 52.5 Å². The number of rotatable bonds is 18. The van der Waals surface area contributed by atoms with Gasteiger partial charge >= 0.3 is 24.4 Å². The van der Waals surface area contributed by atoms with Crippen molar-refractivity contribution in [3.05, 3.63) is 23.8 Å². The predicted molar refractivity (Wildman–Crippen MR) is 149 cm³/mol. The van der Waals surface area contributed by atoms with Crippen molar-refractivity contribution in [3.8, 4) is 11.5 Å². The van der Waals surface area contributed by atoms with Gasteiger partial charge in [0.2, 0.25) is 0 Å². The standard InChI is InChI=1S/C29H45NO11/c1-6-9-11-15-35-27(32)40-24-14-13-22(18-25(24)41-28(33)36-16-12-10-7-2)17-23(30)26(31)38-21(5)19-37-29(34)39-20(4)8-3/h13-14,18,20-21,23H,6-12,15-17,19,30H2,1-5H3/t20?,21-,23-/m0/s1. The molecule has 12 heteroatoms. The van der Waals surface area contributed by atoms with Gasteiger partial charge in [0, 0.05) is 0 Å². The molecule has 232 valence electrons. The van der Waals surface area contributed by atoms with Gasteiger partial charge < -0.3 is 38.9 Å². The van der Waals surface area contributed by atoms with E-state index < -0.39 is 36.6 Å². The zero-order chi connectivity index (χ0) is 30.6. The van der Waals surface area contributed by atoms with Crippen LogP contribution in [0, 0.1) is 0 Å². The first-order valence-corrected chi connectivity index (χ1v) is 14.2. The number of hydrogen-bond acceptors (Lipinski definition) is 12. The fourth-order valence-electron chi connectivity index (χ4n) is 3.22. The predicted octanol–water partition coefficient (Wildman–Crippen LogP) is 5.85. The van der Waals surface area contributed by atoms with Crippen molar-refractivity contribution in [3.63, 3.8) is 0 Å². The van der Waals surface area contributed by atoms with Crippen molar-refractivity contribution >= 4 is 24.4 Å². The summed E-state index contributed by atoms with van der Waals surface area (Å²) in [6.07, 6.45) is 1.91. The zero-order valence-electron chi connectivity index (χ0n) is 24.8. The number of nitrogens with two attached hydrogens (primary N) is 1. The lowest BCUT2D eigenvalue weighted by molar-refractivity contribution is -0.152. The minimum atomic E-state index is -1.09. The van der Waals surface area contributed by atoms with Gasteiger partial charge in [-0.25, -0.2) is 14.4 Å². The van der Waals surface area contributed by atoms with E-state index in [4.69, 9.17) is 38.9 Å². The Morgan fingerprint density at radius 3 is 1.88 bits per heavy atom. The summed E-state index contributed by atoms with van der Waals surface area (Å²) in [6.45, 7) is 9.36. The van der Waals surface area contributed by atoms with Crippen molar-refractivity contribution in [2.45, 2.75) is 104 Å². The molecular formula is C29H45NO11. The molecule has 0 fully saturated rings. The summed E-state index contributed by atoms with van der Waals surface area (Å²) in [5.41, 5.74) is 6.53. The summed E-state index contributed by atoms with van der Waals surface area (Å²) in [5, 5.41) is 0. The van der Waals surface area contributed by atoms with Gasteiger partial charge in [-0.15, -0.1) is 0 Å². The van der Waals surface area contributed by atoms with Gasteiger partial charge in [0.05, 0.1) is 13.2 Å². The topological polar surface area (TPSA) is 159 Å². The monoisotopic (exact) mass is 583 g/mol. The van der Waals surface area contributed by atoms with E-state index in [1.54, 1.807) is 19.9 Å². The molecule has 1 unspecified atom stereocenters. The summed E-state index contributed by atoms with van der Waals surface area (Å²) in [5.74, 6) is -0.896. The maximum Gasteiger partial charge on any atom is 0.513 e. The van der Waals surface area contributed by atoms with Crippen molar-refractivity contribution in [1.29, 1.82) is 0 Å². The highest BCUT2D eigenvalue weighted by Gasteiger charge is 2.22. The van der Waals surface area contributed by atoms with E-state index in [0.717, 1.165) is 25.7 Å². The van der Waals surface area contributed by atoms with Gasteiger partial charge in [-0.3, -0.25) is 4.79 Å². The Kier molecular flexibility index (Phi) is 17.6. The maximum absolute atomic E-state index is 12.5. The molecule has 1 rings (SSSR count). The van der Waals surface area contributed by atoms with E-state index in [9.17, 15) is 19.2 Å². The lowest BCUT2D eigenvalue weighted by Gasteiger charge is -2.18. The maximum atomic E-state index is 12.5. The molecule has 1 aromatic carbocycles. The summed E-state index contributed by atoms with van der Waals surface area (Å²) in [7, 11) is 0. The molecule has 2 N–H and O–H groups in total. The molecule has 0 aromatic heterocycles. The highest BCUT2D eigenvalue weighted by atomic mass is 16.7. The van der Waals surface area contributed by atoms with Crippen molar-refractivity contribution < 1.29 is 52.3 Å². The van der Waals surface area contributed by atoms with Crippen LogP contribution in [0.15, 0.2) is 18.2 Å². The van der Waals surface area contributed by atoms with Gasteiger partial charge in [0.25, 0.3) is 0 Å². The summed E-state index contributed by atoms with van der Waals surface area (Å²) < 4.78 is 35.9. The summed E-state index contributed by atoms with van der Waals surface area (Å²) in [4.78, 5) is 48.5. The molecule has 0 radical (unpaired) electrons. The summed E-state index contributed by atoms with van der Waals surface area (Å²) in [6, 6.07) is 3.29. The summed E-state index contributed by atoms with van der Waals surface area (Å²) >= 11 is 0. The lowest BCUT2D eigenvalue weighted by Crippen LogP contribution is -2.37. The van der Waals surface area contributed by atoms with E-state index in [0.29, 0.717) is 24.8 Å². The van der Waals surface area contributed by atoms with Gasteiger partial charge in [-0.05, 0) is 57.2 Å². The minimum Gasteiger partial charge on any atom is -0.458 e. The van der Waals surface area contributed by atoms with Crippen LogP contribution in [0.1, 0.15) is 85.1 Å². The fraction of sp³-hybridized carbons (Fsp3) is 0.655. The van der Waals surface area contributed by atoms with E-state index in [-0.39, 0.29) is 43.8 Å². The fourth-order valence-corrected chi connectivity index (χ4v) is 3.22. The van der Waals surface area contributed by atoms with E-state index in [1.807, 2.05) is 20.8 Å². The third-order valence-electron chi connectivity index (χ3n) is 5.71. The van der Waals surface area contributed by atoms with Crippen LogP contribution in [-0.2, 0) is 34.9 Å². The molecule has 0 aliphatic heterocycles. The number of ether oxygens (including phenoxy) is 7. The molecular weight excluding hydrogens is 538 g/mol. The first-order chi connectivity index (χ1) is 19.6. The Morgan fingerprint density at radius 1 is 0.732 bits per heavy atom. The molecule has 41 heavy (non-hydrogen) atoms. The minimum absolute atomic E-state index is 0.00607. The first kappa shape index (κ1) is 35.5. The van der Waals surface area contributed by atoms with Crippen LogP contribution in [0.25, 0.3) is 0 Å². The molecule has 1 aromatic rings. The third-order valence-corrected chi connectivity index (χ3v) is 5.71. The lowest BCUT2D eigenvalue weighted by atomic mass is 10.1. The number of carbonyl (C=O) groups excluding carboxylic acids is 4. The number of benzene rings is 1. The van der Waals surface area contributed by atoms with Gasteiger partial charge in [-0.2, -0.15) is 0 Å². The van der Waals surface area contributed by atoms with Crippen LogP contribution < -0.4 is 15.2 Å². The Bertz CT molecular complexity index is 953. The van der Waals surface area contributed by atoms with Crippen LogP contribution >= 0.6 is 0 Å². The second-order valence-corrected chi connectivity index (χ2v) is 9.55. The van der Waals surface area contributed by atoms with Crippen LogP contribution in [0.4, 0.5) is 14.4 Å². The molecule has 0 aliphatic carbocycles. The van der Waals surface area contributed by atoms with Crippen molar-refractivity contribution in [2.75, 3.05) is 19.8 Å². The molecule has 0 aliphatic rings. The average molecular weight is 584 g/mol. The van der Waals surface area contributed by atoms with E-state index in [2.05, 4.69) is 0 Å². The van der Waals surface area contributed by atoms with Crippen LogP contribution in [0.3, 0.4) is 0 Å². The number of hydrogen-bond donors (Lipinski definition) is 1. The van der Waals surface area contributed by atoms with E-state index >= 15 is 0 Å². The third kappa shape index (κ3) is 15.7. The molecule has 0 saturated heterocycles. The zero-order valence-corrected chi connectivity index (χ0v) is 24.8. The average Bonchev–Trinajstić information content (AvgIpc) is 2.93. The quantitative estimate of drug-likeness (QED) is 0.0952. The molecule has 0 bridgehead atoms. The second kappa shape index (κ2) is 20.4. The number of unbranched alkanes of at least 4 members (excludes halogenated alkanes) is 4. The van der Waals surface area contributed by atoms with Gasteiger partial charge in [0.1, 0.15) is 24.9 Å². The molecule has 12 nitrogen and oxygen atoms in total. The second-order valence-electron chi connectivity index (χ2n) is 9.55. The normalized spacial score (nSPS) is 12.8. The number of carbonyl (C=O) groups is 4. The Morgan fingerprint density at radius 2 is 1.32 bits per heavy atom. The van der Waals surface area contributed by atoms with Crippen molar-refractivity contribution in [2.24, 2.45) is 5.73 Å². The van der Waals surface area contributed by atoms with E-state index in [1.165, 1.54) is 12.1 Å². The Balaban J connectivity index is 2.81. The highest BCUT2D eigenvalue weighted by Crippen LogP contribution is 2.30. The van der Waals surface area contributed by atoms with Crippen LogP contribution in [0.2, 0.25) is 0 Å². The Labute approximate surface area is 242 Å². The van der Waals surface area contributed by atoms with Crippen molar-refractivity contribution in [1.82, 2.24) is 0 Å². The smallest absolute Gasteiger partial charge is 0.458 e. The first-order valence-electron chi connectivity index (χ1n) is 14.2. The van der Waals surface area contributed by atoms with Crippen LogP contribution in [-0.4, -0.2) is 62.5 Å².